The molecule has 3 aliphatic rings. The van der Waals surface area contributed by atoms with Crippen LogP contribution in [0.1, 0.15) is 12.0 Å². The number of amides is 2. The average molecular weight is 390 g/mol. The molecule has 1 saturated heterocycles. The highest BCUT2D eigenvalue weighted by atomic mass is 16.6. The van der Waals surface area contributed by atoms with Crippen molar-refractivity contribution >= 4 is 23.2 Å². The first kappa shape index (κ1) is 17.6. The Hall–Kier alpha value is -3.48. The molecule has 2 aromatic rings. The highest BCUT2D eigenvalue weighted by Crippen LogP contribution is 2.53. The van der Waals surface area contributed by atoms with Crippen LogP contribution < -0.4 is 9.64 Å². The van der Waals surface area contributed by atoms with Gasteiger partial charge in [-0.25, -0.2) is 0 Å². The number of nitro benzene ring substituents is 1. The third-order valence-electron chi connectivity index (χ3n) is 6.09. The average Bonchev–Trinajstić information content (AvgIpc) is 3.41. The van der Waals surface area contributed by atoms with Crippen LogP contribution in [-0.4, -0.2) is 16.7 Å². The van der Waals surface area contributed by atoms with Crippen molar-refractivity contribution in [2.45, 2.75) is 13.0 Å². The van der Waals surface area contributed by atoms with Gasteiger partial charge in [0, 0.05) is 12.1 Å². The molecular weight excluding hydrogens is 372 g/mol. The standard InChI is InChI=1S/C22H18N2O5/c25-21-19-14-4-5-15(11-14)20(19)22(26)23(21)16-6-8-18(9-7-16)29-12-13-2-1-3-17(10-13)24(27)28/h1-10,14-15,19-20H,11-12H2/t14-,15+,19-,20+. The van der Waals surface area contributed by atoms with Crippen molar-refractivity contribution in [1.82, 2.24) is 0 Å². The molecule has 146 valence electrons. The van der Waals surface area contributed by atoms with Crippen molar-refractivity contribution in [2.24, 2.45) is 23.7 Å². The van der Waals surface area contributed by atoms with Gasteiger partial charge in [-0.05, 0) is 48.1 Å². The fraction of sp³-hybridized carbons (Fsp3) is 0.273. The lowest BCUT2D eigenvalue weighted by Crippen LogP contribution is -2.32. The topological polar surface area (TPSA) is 89.8 Å². The van der Waals surface area contributed by atoms with Gasteiger partial charge in [0.05, 0.1) is 22.4 Å². The first-order valence-electron chi connectivity index (χ1n) is 9.55. The Labute approximate surface area is 166 Å². The quantitative estimate of drug-likeness (QED) is 0.337. The van der Waals surface area contributed by atoms with E-state index in [4.69, 9.17) is 4.74 Å². The molecule has 5 rings (SSSR count). The Morgan fingerprint density at radius 2 is 1.66 bits per heavy atom. The monoisotopic (exact) mass is 390 g/mol. The predicted molar refractivity (Wildman–Crippen MR) is 104 cm³/mol. The summed E-state index contributed by atoms with van der Waals surface area (Å²) in [4.78, 5) is 37.4. The SMILES string of the molecule is O=C1[C@@H]2[C@H](C(=O)N1c1ccc(OCc3cccc([N+](=O)[O-])c3)cc1)[C@@H]1C=C[C@H]2C1. The first-order chi connectivity index (χ1) is 14.0. The Balaban J connectivity index is 1.29. The van der Waals surface area contributed by atoms with Crippen LogP contribution in [0.3, 0.4) is 0 Å². The number of fused-ring (bicyclic) bond motifs is 5. The summed E-state index contributed by atoms with van der Waals surface area (Å²) in [6, 6.07) is 13.1. The number of rotatable bonds is 5. The number of anilines is 1. The Morgan fingerprint density at radius 1 is 1.00 bits per heavy atom. The molecule has 2 amide bonds. The molecule has 0 aromatic heterocycles. The van der Waals surface area contributed by atoms with Crippen molar-refractivity contribution < 1.29 is 19.2 Å². The molecule has 0 spiro atoms. The van der Waals surface area contributed by atoms with E-state index in [2.05, 4.69) is 12.2 Å². The summed E-state index contributed by atoms with van der Waals surface area (Å²) in [5, 5.41) is 10.9. The number of nitrogens with zero attached hydrogens (tertiary/aromatic N) is 2. The molecule has 0 radical (unpaired) electrons. The van der Waals surface area contributed by atoms with Gasteiger partial charge in [-0.15, -0.1) is 0 Å². The molecule has 1 aliphatic heterocycles. The minimum atomic E-state index is -0.445. The van der Waals surface area contributed by atoms with E-state index >= 15 is 0 Å². The van der Waals surface area contributed by atoms with Gasteiger partial charge in [-0.3, -0.25) is 24.6 Å². The number of carbonyl (C=O) groups is 2. The number of ether oxygens (including phenoxy) is 1. The summed E-state index contributed by atoms with van der Waals surface area (Å²) in [5.41, 5.74) is 1.25. The van der Waals surface area contributed by atoms with Crippen LogP contribution in [0.25, 0.3) is 0 Å². The van der Waals surface area contributed by atoms with Crippen LogP contribution in [0.15, 0.2) is 60.7 Å². The van der Waals surface area contributed by atoms with Crippen molar-refractivity contribution in [3.05, 3.63) is 76.4 Å². The Kier molecular flexibility index (Phi) is 3.97. The second-order valence-electron chi connectivity index (χ2n) is 7.72. The minimum Gasteiger partial charge on any atom is -0.489 e. The molecule has 0 N–H and O–H groups in total. The maximum atomic E-state index is 12.9. The number of benzene rings is 2. The molecule has 29 heavy (non-hydrogen) atoms. The highest BCUT2D eigenvalue weighted by molar-refractivity contribution is 6.22. The molecule has 2 aliphatic carbocycles. The van der Waals surface area contributed by atoms with E-state index in [0.29, 0.717) is 17.0 Å². The molecule has 7 heteroatoms. The Morgan fingerprint density at radius 3 is 2.28 bits per heavy atom. The fourth-order valence-electron chi connectivity index (χ4n) is 4.77. The second kappa shape index (κ2) is 6.55. The minimum absolute atomic E-state index is 0.0153. The van der Waals surface area contributed by atoms with Crippen LogP contribution in [0.4, 0.5) is 11.4 Å². The lowest BCUT2D eigenvalue weighted by atomic mass is 9.85. The van der Waals surface area contributed by atoms with Gasteiger partial charge >= 0.3 is 0 Å². The largest absolute Gasteiger partial charge is 0.489 e. The summed E-state index contributed by atoms with van der Waals surface area (Å²) in [6.45, 7) is 0.182. The smallest absolute Gasteiger partial charge is 0.269 e. The maximum Gasteiger partial charge on any atom is 0.269 e. The molecule has 2 aromatic carbocycles. The van der Waals surface area contributed by atoms with Crippen LogP contribution in [0, 0.1) is 33.8 Å². The first-order valence-corrected chi connectivity index (χ1v) is 9.55. The van der Waals surface area contributed by atoms with E-state index in [1.165, 1.54) is 17.0 Å². The van der Waals surface area contributed by atoms with Gasteiger partial charge < -0.3 is 4.74 Å². The van der Waals surface area contributed by atoms with E-state index in [-0.39, 0.29) is 47.8 Å². The van der Waals surface area contributed by atoms with E-state index < -0.39 is 4.92 Å². The maximum absolute atomic E-state index is 12.9. The zero-order valence-electron chi connectivity index (χ0n) is 15.4. The molecule has 1 heterocycles. The zero-order valence-corrected chi connectivity index (χ0v) is 15.4. The van der Waals surface area contributed by atoms with E-state index in [9.17, 15) is 19.7 Å². The molecule has 4 atom stereocenters. The van der Waals surface area contributed by atoms with Crippen molar-refractivity contribution in [3.63, 3.8) is 0 Å². The predicted octanol–water partition coefficient (Wildman–Crippen LogP) is 3.49. The van der Waals surface area contributed by atoms with Crippen LogP contribution >= 0.6 is 0 Å². The molecular formula is C22H18N2O5. The number of hydrogen-bond acceptors (Lipinski definition) is 5. The summed E-state index contributed by atoms with van der Waals surface area (Å²) < 4.78 is 5.70. The number of carbonyl (C=O) groups excluding carboxylic acids is 2. The normalized spacial score (nSPS) is 26.8. The van der Waals surface area contributed by atoms with E-state index in [1.807, 2.05) is 0 Å². The molecule has 2 bridgehead atoms. The van der Waals surface area contributed by atoms with Gasteiger partial charge in [0.1, 0.15) is 12.4 Å². The third kappa shape index (κ3) is 2.81. The van der Waals surface area contributed by atoms with Gasteiger partial charge in [-0.2, -0.15) is 0 Å². The summed E-state index contributed by atoms with van der Waals surface area (Å²) in [5.74, 6) is 0.267. The molecule has 2 fully saturated rings. The summed E-state index contributed by atoms with van der Waals surface area (Å²) >= 11 is 0. The van der Waals surface area contributed by atoms with Gasteiger partial charge in [0.2, 0.25) is 11.8 Å². The zero-order chi connectivity index (χ0) is 20.1. The summed E-state index contributed by atoms with van der Waals surface area (Å²) in [6.07, 6.45) is 5.06. The van der Waals surface area contributed by atoms with Gasteiger partial charge in [0.15, 0.2) is 0 Å². The number of non-ortho nitro benzene ring substituents is 1. The second-order valence-corrected chi connectivity index (χ2v) is 7.72. The van der Waals surface area contributed by atoms with Gasteiger partial charge in [-0.1, -0.05) is 24.3 Å². The van der Waals surface area contributed by atoms with E-state index in [1.54, 1.807) is 36.4 Å². The third-order valence-corrected chi connectivity index (χ3v) is 6.09. The Bertz CT molecular complexity index is 1020. The van der Waals surface area contributed by atoms with E-state index in [0.717, 1.165) is 6.42 Å². The summed E-state index contributed by atoms with van der Waals surface area (Å²) in [7, 11) is 0. The lowest BCUT2D eigenvalue weighted by molar-refractivity contribution is -0.384. The molecule has 7 nitrogen and oxygen atoms in total. The van der Waals surface area contributed by atoms with Crippen LogP contribution in [0.5, 0.6) is 5.75 Å². The van der Waals surface area contributed by atoms with Crippen molar-refractivity contribution in [1.29, 1.82) is 0 Å². The van der Waals surface area contributed by atoms with Crippen LogP contribution in [-0.2, 0) is 16.2 Å². The number of nitro groups is 1. The number of allylic oxidation sites excluding steroid dienone is 2. The number of hydrogen-bond donors (Lipinski definition) is 0. The van der Waals surface area contributed by atoms with Crippen molar-refractivity contribution in [2.75, 3.05) is 4.90 Å². The van der Waals surface area contributed by atoms with Crippen LogP contribution in [0.2, 0.25) is 0 Å². The lowest BCUT2D eigenvalue weighted by Gasteiger charge is -2.17. The molecule has 1 saturated carbocycles. The van der Waals surface area contributed by atoms with Gasteiger partial charge in [0.25, 0.3) is 5.69 Å². The van der Waals surface area contributed by atoms with Crippen molar-refractivity contribution in [3.8, 4) is 5.75 Å². The fourth-order valence-corrected chi connectivity index (χ4v) is 4.77. The highest BCUT2D eigenvalue weighted by Gasteiger charge is 2.59. The molecule has 0 unspecified atom stereocenters. The number of imide groups is 1.